The van der Waals surface area contributed by atoms with E-state index in [2.05, 4.69) is 68.9 Å². The second-order valence-electron chi connectivity index (χ2n) is 12.6. The maximum atomic E-state index is 6.78. The molecular weight excluding hydrogens is 428 g/mol. The minimum Gasteiger partial charge on any atom is -0.490 e. The molecule has 2 rings (SSSR count). The Morgan fingerprint density at radius 1 is 0.886 bits per heavy atom. The molecule has 0 aliphatic carbocycles. The Morgan fingerprint density at radius 3 is 2.00 bits per heavy atom. The molecule has 35 heavy (non-hydrogen) atoms. The van der Waals surface area contributed by atoms with Gasteiger partial charge in [0.25, 0.3) is 0 Å². The summed E-state index contributed by atoms with van der Waals surface area (Å²) in [7, 11) is 0. The van der Waals surface area contributed by atoms with E-state index in [-0.39, 0.29) is 11.7 Å². The fraction of sp³-hybridized carbons (Fsp3) is 0.758. The summed E-state index contributed by atoms with van der Waals surface area (Å²) in [6.45, 7) is 24.5. The highest BCUT2D eigenvalue weighted by Gasteiger charge is 2.35. The molecule has 1 aromatic carbocycles. The van der Waals surface area contributed by atoms with Crippen molar-refractivity contribution in [1.29, 1.82) is 0 Å². The first kappa shape index (κ1) is 29.8. The predicted octanol–water partition coefficient (Wildman–Crippen LogP) is 10.3. The Kier molecular flexibility index (Phi) is 11.7. The maximum Gasteiger partial charge on any atom is 0.130 e. The van der Waals surface area contributed by atoms with Gasteiger partial charge in [0.05, 0.1) is 6.10 Å². The molecule has 0 saturated carbocycles. The third-order valence-electron chi connectivity index (χ3n) is 8.17. The Bertz CT molecular complexity index is 806. The molecule has 1 heterocycles. The van der Waals surface area contributed by atoms with Gasteiger partial charge in [0.1, 0.15) is 17.1 Å². The minimum absolute atomic E-state index is 0.0757. The van der Waals surface area contributed by atoms with Crippen LogP contribution >= 0.6 is 0 Å². The van der Waals surface area contributed by atoms with Crippen LogP contribution in [0.3, 0.4) is 0 Å². The normalized spacial score (nSPS) is 19.4. The van der Waals surface area contributed by atoms with E-state index in [1.807, 2.05) is 6.08 Å². The van der Waals surface area contributed by atoms with Crippen LogP contribution in [0, 0.1) is 31.6 Å². The average Bonchev–Trinajstić information content (AvgIpc) is 2.77. The third kappa shape index (κ3) is 8.87. The van der Waals surface area contributed by atoms with Crippen LogP contribution in [0.25, 0.3) is 6.08 Å². The van der Waals surface area contributed by atoms with Crippen molar-refractivity contribution in [3.05, 3.63) is 28.8 Å². The molecule has 0 bridgehead atoms. The lowest BCUT2D eigenvalue weighted by Gasteiger charge is -2.38. The van der Waals surface area contributed by atoms with Gasteiger partial charge in [-0.15, -0.1) is 0 Å². The largest absolute Gasteiger partial charge is 0.490 e. The second kappa shape index (κ2) is 13.8. The molecule has 2 heteroatoms. The van der Waals surface area contributed by atoms with Crippen molar-refractivity contribution in [1.82, 2.24) is 0 Å². The Morgan fingerprint density at radius 2 is 1.46 bits per heavy atom. The van der Waals surface area contributed by atoms with Crippen LogP contribution in [-0.4, -0.2) is 11.7 Å². The molecule has 2 nitrogen and oxygen atoms in total. The highest BCUT2D eigenvalue weighted by molar-refractivity contribution is 5.69. The molecule has 0 N–H and O–H groups in total. The summed E-state index contributed by atoms with van der Waals surface area (Å²) in [4.78, 5) is 0. The minimum atomic E-state index is -0.0757. The number of hydrogen-bond donors (Lipinski definition) is 0. The van der Waals surface area contributed by atoms with Crippen molar-refractivity contribution >= 4 is 6.08 Å². The van der Waals surface area contributed by atoms with Gasteiger partial charge in [0.15, 0.2) is 0 Å². The predicted molar refractivity (Wildman–Crippen MR) is 154 cm³/mol. The SMILES string of the molecule is C=Cc1c2c(c(C)c(C)c1OC(C)C)OC(C)(CCCC(C)CCCC(C)CCCC(C)C)CC2. The molecule has 3 atom stereocenters. The number of benzene rings is 1. The zero-order valence-corrected chi connectivity index (χ0v) is 24.7. The molecule has 0 aromatic heterocycles. The molecule has 1 aliphatic heterocycles. The highest BCUT2D eigenvalue weighted by Crippen LogP contribution is 2.46. The van der Waals surface area contributed by atoms with Crippen LogP contribution in [-0.2, 0) is 6.42 Å². The number of hydrogen-bond acceptors (Lipinski definition) is 2. The lowest BCUT2D eigenvalue weighted by molar-refractivity contribution is 0.0512. The average molecular weight is 485 g/mol. The number of ether oxygens (including phenoxy) is 2. The van der Waals surface area contributed by atoms with E-state index in [1.165, 1.54) is 68.1 Å². The van der Waals surface area contributed by atoms with Crippen molar-refractivity contribution in [2.75, 3.05) is 0 Å². The second-order valence-corrected chi connectivity index (χ2v) is 12.6. The smallest absolute Gasteiger partial charge is 0.130 e. The Balaban J connectivity index is 1.87. The topological polar surface area (TPSA) is 18.5 Å². The van der Waals surface area contributed by atoms with Crippen LogP contribution in [0.5, 0.6) is 11.5 Å². The molecule has 0 radical (unpaired) electrons. The summed E-state index contributed by atoms with van der Waals surface area (Å²) in [5.74, 6) is 4.61. The molecule has 0 amide bonds. The standard InChI is InChI=1S/C33H56O2/c1-11-29-30-20-22-33(10,35-32(30)28(9)27(8)31(29)34-24(4)5)21-14-19-26(7)18-13-17-25(6)16-12-15-23(2)3/h11,23-26H,1,12-22H2,2-10H3. The van der Waals surface area contributed by atoms with Crippen molar-refractivity contribution < 1.29 is 9.47 Å². The number of fused-ring (bicyclic) bond motifs is 1. The van der Waals surface area contributed by atoms with Crippen LogP contribution in [0.2, 0.25) is 0 Å². The van der Waals surface area contributed by atoms with Crippen LogP contribution < -0.4 is 9.47 Å². The summed E-state index contributed by atoms with van der Waals surface area (Å²) in [6, 6.07) is 0. The third-order valence-corrected chi connectivity index (χ3v) is 8.17. The quantitative estimate of drug-likeness (QED) is 0.246. The zero-order valence-electron chi connectivity index (χ0n) is 24.7. The van der Waals surface area contributed by atoms with E-state index in [1.54, 1.807) is 0 Å². The summed E-state index contributed by atoms with van der Waals surface area (Å²) >= 11 is 0. The lowest BCUT2D eigenvalue weighted by atomic mass is 9.83. The van der Waals surface area contributed by atoms with Gasteiger partial charge in [-0.05, 0) is 89.2 Å². The van der Waals surface area contributed by atoms with Gasteiger partial charge in [0, 0.05) is 11.1 Å². The fourth-order valence-corrected chi connectivity index (χ4v) is 5.68. The Labute approximate surface area is 218 Å². The van der Waals surface area contributed by atoms with Crippen LogP contribution in [0.4, 0.5) is 0 Å². The summed E-state index contributed by atoms with van der Waals surface area (Å²) in [5.41, 5.74) is 4.75. The fourth-order valence-electron chi connectivity index (χ4n) is 5.68. The van der Waals surface area contributed by atoms with Crippen LogP contribution in [0.15, 0.2) is 6.58 Å². The van der Waals surface area contributed by atoms with Crippen molar-refractivity contribution in [2.45, 2.75) is 145 Å². The first-order chi connectivity index (χ1) is 16.5. The monoisotopic (exact) mass is 484 g/mol. The van der Waals surface area contributed by atoms with Crippen LogP contribution in [0.1, 0.15) is 135 Å². The summed E-state index contributed by atoms with van der Waals surface area (Å²) in [5, 5.41) is 0. The zero-order chi connectivity index (χ0) is 26.2. The molecule has 0 fully saturated rings. The van der Waals surface area contributed by atoms with Gasteiger partial charge >= 0.3 is 0 Å². The molecule has 3 unspecified atom stereocenters. The van der Waals surface area contributed by atoms with Crippen molar-refractivity contribution in [3.8, 4) is 11.5 Å². The molecule has 1 aliphatic rings. The van der Waals surface area contributed by atoms with Gasteiger partial charge < -0.3 is 9.47 Å². The first-order valence-corrected chi connectivity index (χ1v) is 14.6. The molecule has 200 valence electrons. The van der Waals surface area contributed by atoms with Gasteiger partial charge in [0.2, 0.25) is 0 Å². The van der Waals surface area contributed by atoms with Gasteiger partial charge in [-0.2, -0.15) is 0 Å². The van der Waals surface area contributed by atoms with E-state index in [0.29, 0.717) is 0 Å². The first-order valence-electron chi connectivity index (χ1n) is 14.6. The maximum absolute atomic E-state index is 6.78. The van der Waals surface area contributed by atoms with E-state index < -0.39 is 0 Å². The van der Waals surface area contributed by atoms with Gasteiger partial charge in [-0.1, -0.05) is 85.3 Å². The molecule has 0 spiro atoms. The molecular formula is C33H56O2. The van der Waals surface area contributed by atoms with E-state index in [0.717, 1.165) is 54.1 Å². The highest BCUT2D eigenvalue weighted by atomic mass is 16.5. The van der Waals surface area contributed by atoms with Crippen molar-refractivity contribution in [3.63, 3.8) is 0 Å². The van der Waals surface area contributed by atoms with E-state index in [9.17, 15) is 0 Å². The summed E-state index contributed by atoms with van der Waals surface area (Å²) < 4.78 is 13.0. The van der Waals surface area contributed by atoms with E-state index >= 15 is 0 Å². The van der Waals surface area contributed by atoms with Gasteiger partial charge in [-0.3, -0.25) is 0 Å². The molecule has 1 aromatic rings. The van der Waals surface area contributed by atoms with E-state index in [4.69, 9.17) is 9.47 Å². The van der Waals surface area contributed by atoms with Crippen molar-refractivity contribution in [2.24, 2.45) is 17.8 Å². The summed E-state index contributed by atoms with van der Waals surface area (Å²) in [6.07, 6.45) is 16.2. The van der Waals surface area contributed by atoms with Gasteiger partial charge in [-0.25, -0.2) is 0 Å². The lowest BCUT2D eigenvalue weighted by Crippen LogP contribution is -2.37. The Hall–Kier alpha value is -1.44. The molecule has 0 saturated heterocycles. The number of rotatable bonds is 15.